The average molecular weight is 258 g/mol. The van der Waals surface area contributed by atoms with Gasteiger partial charge in [0.05, 0.1) is 11.1 Å². The SMILES string of the molecule is CC(CNC(=O)c1ccncc1C#CCO)C1CC1. The number of amides is 1. The summed E-state index contributed by atoms with van der Waals surface area (Å²) in [6.07, 6.45) is 5.67. The molecule has 1 aromatic heterocycles. The van der Waals surface area contributed by atoms with E-state index in [0.29, 0.717) is 23.6 Å². The van der Waals surface area contributed by atoms with Crippen LogP contribution in [0.3, 0.4) is 0 Å². The van der Waals surface area contributed by atoms with Crippen molar-refractivity contribution >= 4 is 5.91 Å². The molecule has 0 spiro atoms. The highest BCUT2D eigenvalue weighted by Gasteiger charge is 2.28. The van der Waals surface area contributed by atoms with Crippen molar-refractivity contribution in [3.8, 4) is 11.8 Å². The molecule has 1 amide bonds. The Labute approximate surface area is 113 Å². The van der Waals surface area contributed by atoms with E-state index in [1.807, 2.05) is 0 Å². The minimum Gasteiger partial charge on any atom is -0.384 e. The molecule has 1 heterocycles. The third-order valence-electron chi connectivity index (χ3n) is 3.38. The minimum atomic E-state index is -0.228. The van der Waals surface area contributed by atoms with Crippen LogP contribution in [-0.4, -0.2) is 29.1 Å². The fraction of sp³-hybridized carbons (Fsp3) is 0.467. The Kier molecular flexibility index (Phi) is 4.53. The van der Waals surface area contributed by atoms with Gasteiger partial charge in [0.2, 0.25) is 0 Å². The zero-order valence-corrected chi connectivity index (χ0v) is 11.0. The number of hydrogen-bond donors (Lipinski definition) is 2. The van der Waals surface area contributed by atoms with Gasteiger partial charge in [-0.05, 0) is 30.7 Å². The summed E-state index contributed by atoms with van der Waals surface area (Å²) in [5.74, 6) is 6.45. The second kappa shape index (κ2) is 6.35. The number of aliphatic hydroxyl groups is 1. The number of nitrogens with one attached hydrogen (secondary N) is 1. The second-order valence-corrected chi connectivity index (χ2v) is 4.91. The standard InChI is InChI=1S/C15H18N2O2/c1-11(12-4-5-12)9-17-15(19)14-6-7-16-10-13(14)3-2-8-18/h6-7,10-12,18H,4-5,8-9H2,1H3,(H,17,19). The summed E-state index contributed by atoms with van der Waals surface area (Å²) < 4.78 is 0. The number of pyridine rings is 1. The Morgan fingerprint density at radius 3 is 3.11 bits per heavy atom. The number of aromatic nitrogens is 1. The molecule has 100 valence electrons. The van der Waals surface area contributed by atoms with Crippen molar-refractivity contribution in [3.63, 3.8) is 0 Å². The van der Waals surface area contributed by atoms with E-state index in [1.165, 1.54) is 12.8 Å². The van der Waals surface area contributed by atoms with E-state index in [-0.39, 0.29) is 12.5 Å². The van der Waals surface area contributed by atoms with Gasteiger partial charge in [-0.3, -0.25) is 9.78 Å². The highest BCUT2D eigenvalue weighted by molar-refractivity contribution is 5.96. The molecule has 0 radical (unpaired) electrons. The first-order chi connectivity index (χ1) is 9.22. The molecular weight excluding hydrogens is 240 g/mol. The fourth-order valence-corrected chi connectivity index (χ4v) is 2.01. The maximum absolute atomic E-state index is 12.1. The number of rotatable bonds is 4. The summed E-state index contributed by atoms with van der Waals surface area (Å²) >= 11 is 0. The van der Waals surface area contributed by atoms with Crippen molar-refractivity contribution in [3.05, 3.63) is 29.6 Å². The molecule has 2 rings (SSSR count). The third-order valence-corrected chi connectivity index (χ3v) is 3.38. The molecule has 19 heavy (non-hydrogen) atoms. The largest absolute Gasteiger partial charge is 0.384 e. The fourth-order valence-electron chi connectivity index (χ4n) is 2.01. The van der Waals surface area contributed by atoms with Crippen molar-refractivity contribution < 1.29 is 9.90 Å². The third kappa shape index (κ3) is 3.80. The monoisotopic (exact) mass is 258 g/mol. The second-order valence-electron chi connectivity index (χ2n) is 4.91. The molecule has 1 aliphatic carbocycles. The molecule has 1 aromatic rings. The van der Waals surface area contributed by atoms with Crippen LogP contribution in [0.2, 0.25) is 0 Å². The molecule has 0 saturated heterocycles. The predicted octanol–water partition coefficient (Wildman–Crippen LogP) is 1.20. The van der Waals surface area contributed by atoms with E-state index in [2.05, 4.69) is 29.1 Å². The molecule has 4 nitrogen and oxygen atoms in total. The van der Waals surface area contributed by atoms with Crippen LogP contribution in [0.15, 0.2) is 18.5 Å². The smallest absolute Gasteiger partial charge is 0.252 e. The normalized spacial score (nSPS) is 15.3. The number of carbonyl (C=O) groups excluding carboxylic acids is 1. The van der Waals surface area contributed by atoms with Crippen molar-refractivity contribution in [2.75, 3.05) is 13.2 Å². The van der Waals surface area contributed by atoms with Gasteiger partial charge in [0.1, 0.15) is 6.61 Å². The first-order valence-electron chi connectivity index (χ1n) is 6.54. The molecule has 1 unspecified atom stereocenters. The highest BCUT2D eigenvalue weighted by Crippen LogP contribution is 2.36. The molecule has 2 N–H and O–H groups in total. The zero-order valence-electron chi connectivity index (χ0n) is 11.0. The highest BCUT2D eigenvalue weighted by atomic mass is 16.2. The van der Waals surface area contributed by atoms with Crippen LogP contribution in [0.5, 0.6) is 0 Å². The van der Waals surface area contributed by atoms with Gasteiger partial charge in [-0.25, -0.2) is 0 Å². The molecule has 1 aliphatic rings. The lowest BCUT2D eigenvalue weighted by molar-refractivity contribution is 0.0946. The molecule has 1 saturated carbocycles. The molecule has 0 aromatic carbocycles. The van der Waals surface area contributed by atoms with Crippen molar-refractivity contribution in [1.29, 1.82) is 0 Å². The van der Waals surface area contributed by atoms with Crippen LogP contribution < -0.4 is 5.32 Å². The minimum absolute atomic E-state index is 0.128. The topological polar surface area (TPSA) is 62.2 Å². The summed E-state index contributed by atoms with van der Waals surface area (Å²) in [7, 11) is 0. The summed E-state index contributed by atoms with van der Waals surface area (Å²) in [4.78, 5) is 16.1. The van der Waals surface area contributed by atoms with Gasteiger partial charge in [0.15, 0.2) is 0 Å². The van der Waals surface area contributed by atoms with E-state index < -0.39 is 0 Å². The maximum atomic E-state index is 12.1. The zero-order chi connectivity index (χ0) is 13.7. The van der Waals surface area contributed by atoms with E-state index in [4.69, 9.17) is 5.11 Å². The van der Waals surface area contributed by atoms with Gasteiger partial charge < -0.3 is 10.4 Å². The predicted molar refractivity (Wildman–Crippen MR) is 72.4 cm³/mol. The Hall–Kier alpha value is -1.86. The van der Waals surface area contributed by atoms with E-state index in [0.717, 1.165) is 5.92 Å². The quantitative estimate of drug-likeness (QED) is 0.798. The molecule has 0 aliphatic heterocycles. The van der Waals surface area contributed by atoms with Gasteiger partial charge in [-0.2, -0.15) is 0 Å². The van der Waals surface area contributed by atoms with Crippen LogP contribution in [0, 0.1) is 23.7 Å². The van der Waals surface area contributed by atoms with E-state index in [9.17, 15) is 4.79 Å². The summed E-state index contributed by atoms with van der Waals surface area (Å²) in [6, 6.07) is 1.65. The maximum Gasteiger partial charge on any atom is 0.252 e. The summed E-state index contributed by atoms with van der Waals surface area (Å²) in [6.45, 7) is 2.63. The van der Waals surface area contributed by atoms with Crippen molar-refractivity contribution in [1.82, 2.24) is 10.3 Å². The number of aliphatic hydroxyl groups excluding tert-OH is 1. The lowest BCUT2D eigenvalue weighted by Crippen LogP contribution is -2.29. The summed E-state index contributed by atoms with van der Waals surface area (Å²) in [5, 5.41) is 11.6. The Morgan fingerprint density at radius 2 is 2.42 bits per heavy atom. The Bertz CT molecular complexity index is 512. The Morgan fingerprint density at radius 1 is 1.63 bits per heavy atom. The molecule has 0 bridgehead atoms. The lowest BCUT2D eigenvalue weighted by atomic mass is 10.1. The van der Waals surface area contributed by atoms with Crippen LogP contribution >= 0.6 is 0 Å². The van der Waals surface area contributed by atoms with Crippen molar-refractivity contribution in [2.45, 2.75) is 19.8 Å². The summed E-state index contributed by atoms with van der Waals surface area (Å²) in [5.41, 5.74) is 1.06. The van der Waals surface area contributed by atoms with Crippen LogP contribution in [0.25, 0.3) is 0 Å². The number of nitrogens with zero attached hydrogens (tertiary/aromatic N) is 1. The van der Waals surface area contributed by atoms with Gasteiger partial charge in [-0.15, -0.1) is 0 Å². The van der Waals surface area contributed by atoms with Crippen LogP contribution in [-0.2, 0) is 0 Å². The first kappa shape index (κ1) is 13.6. The van der Waals surface area contributed by atoms with Crippen molar-refractivity contribution in [2.24, 2.45) is 11.8 Å². The van der Waals surface area contributed by atoms with Crippen LogP contribution in [0.1, 0.15) is 35.7 Å². The molecule has 4 heteroatoms. The Balaban J connectivity index is 2.01. The number of carbonyl (C=O) groups is 1. The van der Waals surface area contributed by atoms with Gasteiger partial charge in [0, 0.05) is 18.9 Å². The average Bonchev–Trinajstić information content (AvgIpc) is 3.27. The van der Waals surface area contributed by atoms with Gasteiger partial charge in [-0.1, -0.05) is 18.8 Å². The molecule has 1 atom stereocenters. The van der Waals surface area contributed by atoms with Crippen LogP contribution in [0.4, 0.5) is 0 Å². The van der Waals surface area contributed by atoms with Gasteiger partial charge in [0.25, 0.3) is 5.91 Å². The van der Waals surface area contributed by atoms with Gasteiger partial charge >= 0.3 is 0 Å². The number of hydrogen-bond acceptors (Lipinski definition) is 3. The van der Waals surface area contributed by atoms with E-state index in [1.54, 1.807) is 18.5 Å². The molecular formula is C15H18N2O2. The first-order valence-corrected chi connectivity index (χ1v) is 6.54. The molecule has 1 fully saturated rings. The van der Waals surface area contributed by atoms with E-state index >= 15 is 0 Å². The lowest BCUT2D eigenvalue weighted by Gasteiger charge is -2.12.